The van der Waals surface area contributed by atoms with Gasteiger partial charge in [0.25, 0.3) is 17.4 Å². The first-order valence-corrected chi connectivity index (χ1v) is 9.32. The number of hydrogen-bond acceptors (Lipinski definition) is 5. The Morgan fingerprint density at radius 3 is 2.61 bits per heavy atom. The van der Waals surface area contributed by atoms with E-state index in [0.717, 1.165) is 28.8 Å². The van der Waals surface area contributed by atoms with Gasteiger partial charge in [0.15, 0.2) is 5.69 Å². The summed E-state index contributed by atoms with van der Waals surface area (Å²) >= 11 is 0. The van der Waals surface area contributed by atoms with Crippen LogP contribution in [0.4, 0.5) is 0 Å². The molecule has 2 heterocycles. The molecule has 0 unspecified atom stereocenters. The summed E-state index contributed by atoms with van der Waals surface area (Å²) in [7, 11) is 0. The molecule has 2 aromatic rings. The van der Waals surface area contributed by atoms with Crippen LogP contribution in [0, 0.1) is 25.2 Å². The quantitative estimate of drug-likeness (QED) is 0.837. The predicted molar refractivity (Wildman–Crippen MR) is 104 cm³/mol. The first kappa shape index (κ1) is 19.9. The fourth-order valence-corrected chi connectivity index (χ4v) is 3.81. The summed E-state index contributed by atoms with van der Waals surface area (Å²) in [6.45, 7) is 9.82. The van der Waals surface area contributed by atoms with Gasteiger partial charge in [0, 0.05) is 17.7 Å². The highest BCUT2D eigenvalue weighted by Crippen LogP contribution is 2.38. The monoisotopic (exact) mass is 386 g/mol. The molecule has 3 rings (SSSR count). The standard InChI is InChI=1S/C20H26N4O4/c1-10-8-11(2)24(19(27)15(10)17(21)25)22-18(26)16-13-9-12(20(3,4)5)6-7-14(13)28-23-16/h8,12H,6-7,9H2,1-5H3,(H2,21,25)(H,22,26)/t12-/m1/s1. The second-order valence-corrected chi connectivity index (χ2v) is 8.53. The third-order valence-corrected chi connectivity index (χ3v) is 5.53. The highest BCUT2D eigenvalue weighted by atomic mass is 16.5. The van der Waals surface area contributed by atoms with Crippen molar-refractivity contribution in [3.63, 3.8) is 0 Å². The Bertz CT molecular complexity index is 1010. The van der Waals surface area contributed by atoms with Crippen molar-refractivity contribution >= 4 is 11.8 Å². The Kier molecular flexibility index (Phi) is 4.91. The van der Waals surface area contributed by atoms with Crippen LogP contribution in [0.25, 0.3) is 0 Å². The summed E-state index contributed by atoms with van der Waals surface area (Å²) in [5.74, 6) is -0.269. The van der Waals surface area contributed by atoms with Crippen molar-refractivity contribution in [2.45, 2.75) is 53.9 Å². The third-order valence-electron chi connectivity index (χ3n) is 5.53. The largest absolute Gasteiger partial charge is 0.365 e. The lowest BCUT2D eigenvalue weighted by Gasteiger charge is -2.33. The van der Waals surface area contributed by atoms with Crippen LogP contribution < -0.4 is 16.7 Å². The Morgan fingerprint density at radius 2 is 2.00 bits per heavy atom. The van der Waals surface area contributed by atoms with Gasteiger partial charge in [0.05, 0.1) is 0 Å². The Morgan fingerprint density at radius 1 is 1.32 bits per heavy atom. The number of rotatable bonds is 3. The minimum atomic E-state index is -0.836. The van der Waals surface area contributed by atoms with E-state index in [9.17, 15) is 14.4 Å². The van der Waals surface area contributed by atoms with Crippen LogP contribution in [-0.4, -0.2) is 21.6 Å². The summed E-state index contributed by atoms with van der Waals surface area (Å²) in [5.41, 5.74) is 9.05. The lowest BCUT2D eigenvalue weighted by atomic mass is 9.71. The molecule has 8 heteroatoms. The number of amides is 2. The van der Waals surface area contributed by atoms with Crippen molar-refractivity contribution in [2.75, 3.05) is 5.43 Å². The van der Waals surface area contributed by atoms with Crippen molar-refractivity contribution in [2.24, 2.45) is 17.1 Å². The molecule has 0 bridgehead atoms. The van der Waals surface area contributed by atoms with E-state index in [1.165, 1.54) is 0 Å². The average molecular weight is 386 g/mol. The van der Waals surface area contributed by atoms with Crippen LogP contribution in [0.1, 0.15) is 70.6 Å². The summed E-state index contributed by atoms with van der Waals surface area (Å²) in [5, 5.41) is 3.95. The highest BCUT2D eigenvalue weighted by Gasteiger charge is 2.34. The van der Waals surface area contributed by atoms with Gasteiger partial charge in [-0.1, -0.05) is 25.9 Å². The molecule has 2 amide bonds. The lowest BCUT2D eigenvalue weighted by molar-refractivity contribution is 0.0982. The molecule has 0 radical (unpaired) electrons. The Hall–Kier alpha value is -2.90. The molecule has 0 saturated heterocycles. The van der Waals surface area contributed by atoms with Crippen LogP contribution in [-0.2, 0) is 12.8 Å². The summed E-state index contributed by atoms with van der Waals surface area (Å²) in [4.78, 5) is 37.1. The fraction of sp³-hybridized carbons (Fsp3) is 0.500. The van der Waals surface area contributed by atoms with Crippen molar-refractivity contribution in [1.82, 2.24) is 9.83 Å². The number of aromatic nitrogens is 2. The molecule has 2 aromatic heterocycles. The molecule has 0 fully saturated rings. The number of aryl methyl sites for hydroxylation is 3. The first-order chi connectivity index (χ1) is 13.0. The van der Waals surface area contributed by atoms with Gasteiger partial charge >= 0.3 is 0 Å². The van der Waals surface area contributed by atoms with Gasteiger partial charge in [0.2, 0.25) is 0 Å². The number of fused-ring (bicyclic) bond motifs is 1. The van der Waals surface area contributed by atoms with E-state index < -0.39 is 17.4 Å². The number of primary amides is 1. The van der Waals surface area contributed by atoms with Gasteiger partial charge in [-0.15, -0.1) is 0 Å². The second kappa shape index (κ2) is 6.92. The number of carbonyl (C=O) groups excluding carboxylic acids is 2. The third kappa shape index (κ3) is 3.46. The van der Waals surface area contributed by atoms with E-state index in [1.54, 1.807) is 19.9 Å². The molecule has 0 aliphatic heterocycles. The van der Waals surface area contributed by atoms with Crippen LogP contribution in [0.5, 0.6) is 0 Å². The molecule has 0 spiro atoms. The number of nitrogens with two attached hydrogens (primary N) is 1. The maximum Gasteiger partial charge on any atom is 0.292 e. The molecule has 1 aliphatic carbocycles. The van der Waals surface area contributed by atoms with Gasteiger partial charge in [-0.2, -0.15) is 0 Å². The van der Waals surface area contributed by atoms with Crippen LogP contribution in [0.15, 0.2) is 15.4 Å². The zero-order valence-electron chi connectivity index (χ0n) is 16.9. The van der Waals surface area contributed by atoms with Crippen molar-refractivity contribution < 1.29 is 14.1 Å². The predicted octanol–water partition coefficient (Wildman–Crippen LogP) is 2.09. The normalized spacial score (nSPS) is 16.5. The van der Waals surface area contributed by atoms with Gasteiger partial charge < -0.3 is 10.3 Å². The first-order valence-electron chi connectivity index (χ1n) is 9.32. The topological polar surface area (TPSA) is 120 Å². The molecule has 8 nitrogen and oxygen atoms in total. The van der Waals surface area contributed by atoms with Crippen molar-refractivity contribution in [3.05, 3.63) is 50.3 Å². The number of pyridine rings is 1. The molecular weight excluding hydrogens is 360 g/mol. The zero-order valence-corrected chi connectivity index (χ0v) is 16.9. The van der Waals surface area contributed by atoms with E-state index in [1.807, 2.05) is 0 Å². The number of nitrogens with one attached hydrogen (secondary N) is 1. The fourth-order valence-electron chi connectivity index (χ4n) is 3.81. The summed E-state index contributed by atoms with van der Waals surface area (Å²) in [6, 6.07) is 1.62. The molecule has 0 saturated carbocycles. The Balaban J connectivity index is 1.95. The van der Waals surface area contributed by atoms with Crippen LogP contribution in [0.3, 0.4) is 0 Å². The molecule has 0 aromatic carbocycles. The van der Waals surface area contributed by atoms with Crippen LogP contribution in [0.2, 0.25) is 0 Å². The maximum atomic E-state index is 12.9. The van der Waals surface area contributed by atoms with E-state index in [-0.39, 0.29) is 16.7 Å². The molecule has 1 atom stereocenters. The van der Waals surface area contributed by atoms with Crippen molar-refractivity contribution in [1.29, 1.82) is 0 Å². The van der Waals surface area contributed by atoms with Gasteiger partial charge in [-0.3, -0.25) is 19.8 Å². The van der Waals surface area contributed by atoms with Gasteiger partial charge in [-0.25, -0.2) is 4.68 Å². The van der Waals surface area contributed by atoms with E-state index in [2.05, 4.69) is 31.4 Å². The van der Waals surface area contributed by atoms with Crippen molar-refractivity contribution in [3.8, 4) is 0 Å². The molecule has 28 heavy (non-hydrogen) atoms. The number of carbonyl (C=O) groups is 2. The zero-order chi connectivity index (χ0) is 20.8. The summed E-state index contributed by atoms with van der Waals surface area (Å²) in [6.07, 6.45) is 2.40. The number of nitrogens with zero attached hydrogens (tertiary/aromatic N) is 2. The molecular formula is C20H26N4O4. The molecule has 150 valence electrons. The minimum Gasteiger partial charge on any atom is -0.365 e. The lowest BCUT2D eigenvalue weighted by Crippen LogP contribution is -2.39. The molecule has 3 N–H and O–H groups in total. The van der Waals surface area contributed by atoms with E-state index >= 15 is 0 Å². The van der Waals surface area contributed by atoms with Crippen LogP contribution >= 0.6 is 0 Å². The minimum absolute atomic E-state index is 0.101. The number of hydrogen-bond donors (Lipinski definition) is 2. The average Bonchev–Trinajstić information content (AvgIpc) is 3.00. The molecule has 1 aliphatic rings. The Labute approximate surface area is 163 Å². The highest BCUT2D eigenvalue weighted by molar-refractivity contribution is 6.00. The summed E-state index contributed by atoms with van der Waals surface area (Å²) < 4.78 is 6.40. The van der Waals surface area contributed by atoms with E-state index in [4.69, 9.17) is 10.3 Å². The van der Waals surface area contributed by atoms with Gasteiger partial charge in [0.1, 0.15) is 11.3 Å². The van der Waals surface area contributed by atoms with E-state index in [0.29, 0.717) is 23.6 Å². The second-order valence-electron chi connectivity index (χ2n) is 8.53. The smallest absolute Gasteiger partial charge is 0.292 e. The maximum absolute atomic E-state index is 12.9. The SMILES string of the molecule is Cc1cc(C)n(NC(=O)c2noc3c2C[C@H](C(C)(C)C)CC3)c(=O)c1C(N)=O. The van der Waals surface area contributed by atoms with Gasteiger partial charge in [-0.05, 0) is 49.7 Å².